The van der Waals surface area contributed by atoms with Crippen molar-refractivity contribution in [1.82, 2.24) is 15.1 Å². The van der Waals surface area contributed by atoms with E-state index in [-0.39, 0.29) is 11.8 Å². The summed E-state index contributed by atoms with van der Waals surface area (Å²) in [5, 5.41) is 5.80. The molecule has 1 aromatic carbocycles. The Balaban J connectivity index is 2.17. The number of amides is 2. The molecule has 0 bridgehead atoms. The third-order valence-corrected chi connectivity index (χ3v) is 3.46. The Morgan fingerprint density at radius 2 is 1.57 bits per heavy atom. The summed E-state index contributed by atoms with van der Waals surface area (Å²) < 4.78 is 0. The van der Waals surface area contributed by atoms with E-state index in [2.05, 4.69) is 10.6 Å². The van der Waals surface area contributed by atoms with Crippen LogP contribution in [0.1, 0.15) is 5.56 Å². The van der Waals surface area contributed by atoms with Gasteiger partial charge in [0.15, 0.2) is 0 Å². The van der Waals surface area contributed by atoms with Crippen molar-refractivity contribution in [3.63, 3.8) is 0 Å². The van der Waals surface area contributed by atoms with Crippen LogP contribution in [0.15, 0.2) is 24.3 Å². The van der Waals surface area contributed by atoms with Gasteiger partial charge in [-0.15, -0.1) is 0 Å². The number of para-hydroxylation sites is 1. The molecular formula is C15H22N4O2. The molecule has 1 aromatic rings. The molecule has 2 N–H and O–H groups in total. The predicted octanol–water partition coefficient (Wildman–Crippen LogP) is 0.119. The number of likely N-dealkylation sites (N-methyl/N-ethyl adjacent to an activating group) is 2. The summed E-state index contributed by atoms with van der Waals surface area (Å²) >= 11 is 0. The van der Waals surface area contributed by atoms with Gasteiger partial charge in [0.2, 0.25) is 11.8 Å². The first-order valence-corrected chi connectivity index (χ1v) is 7.06. The Labute approximate surface area is 125 Å². The summed E-state index contributed by atoms with van der Waals surface area (Å²) in [5.74, 6) is -0.0568. The molecule has 1 aliphatic rings. The number of nitrogens with one attached hydrogen (secondary N) is 2. The quantitative estimate of drug-likeness (QED) is 0.712. The van der Waals surface area contributed by atoms with E-state index >= 15 is 0 Å². The first-order valence-electron chi connectivity index (χ1n) is 7.06. The molecule has 0 radical (unpaired) electrons. The fourth-order valence-corrected chi connectivity index (χ4v) is 2.23. The fraction of sp³-hybridized carbons (Fsp3) is 0.467. The number of hydrogen-bond donors (Lipinski definition) is 2. The van der Waals surface area contributed by atoms with Crippen molar-refractivity contribution in [2.75, 3.05) is 45.6 Å². The molecule has 6 nitrogen and oxygen atoms in total. The van der Waals surface area contributed by atoms with Crippen LogP contribution in [-0.2, 0) is 16.1 Å². The van der Waals surface area contributed by atoms with Gasteiger partial charge in [-0.2, -0.15) is 0 Å². The molecular weight excluding hydrogens is 268 g/mol. The first kappa shape index (κ1) is 15.5. The van der Waals surface area contributed by atoms with Gasteiger partial charge in [0, 0.05) is 25.3 Å². The summed E-state index contributed by atoms with van der Waals surface area (Å²) in [4.78, 5) is 27.8. The van der Waals surface area contributed by atoms with Gasteiger partial charge in [-0.05, 0) is 25.7 Å². The summed E-state index contributed by atoms with van der Waals surface area (Å²) in [6.45, 7) is 2.59. The van der Waals surface area contributed by atoms with Crippen LogP contribution in [0.2, 0.25) is 0 Å². The van der Waals surface area contributed by atoms with E-state index in [1.165, 1.54) is 0 Å². The molecule has 114 valence electrons. The van der Waals surface area contributed by atoms with Crippen molar-refractivity contribution in [3.8, 4) is 0 Å². The van der Waals surface area contributed by atoms with E-state index in [4.69, 9.17) is 0 Å². The Kier molecular flexibility index (Phi) is 5.30. The maximum absolute atomic E-state index is 12.1. The molecule has 0 atom stereocenters. The maximum atomic E-state index is 12.1. The number of nitrogens with zero attached hydrogens (tertiary/aromatic N) is 2. The van der Waals surface area contributed by atoms with Crippen LogP contribution >= 0.6 is 0 Å². The number of hydrogen-bond acceptors (Lipinski definition) is 4. The highest BCUT2D eigenvalue weighted by Gasteiger charge is 2.13. The summed E-state index contributed by atoms with van der Waals surface area (Å²) in [5.41, 5.74) is 1.66. The van der Waals surface area contributed by atoms with E-state index < -0.39 is 0 Å². The van der Waals surface area contributed by atoms with Crippen LogP contribution in [0.25, 0.3) is 0 Å². The lowest BCUT2D eigenvalue weighted by atomic mass is 10.1. The van der Waals surface area contributed by atoms with Gasteiger partial charge in [-0.25, -0.2) is 0 Å². The molecule has 0 aliphatic carbocycles. The molecule has 0 fully saturated rings. The average Bonchev–Trinajstić information content (AvgIpc) is 2.44. The highest BCUT2D eigenvalue weighted by molar-refractivity contribution is 5.93. The number of rotatable bonds is 0. The summed E-state index contributed by atoms with van der Waals surface area (Å²) in [6.07, 6.45) is 0. The van der Waals surface area contributed by atoms with E-state index in [0.717, 1.165) is 24.3 Å². The zero-order valence-corrected chi connectivity index (χ0v) is 12.6. The molecule has 0 saturated heterocycles. The Morgan fingerprint density at radius 1 is 0.952 bits per heavy atom. The fourth-order valence-electron chi connectivity index (χ4n) is 2.23. The number of carbonyl (C=O) groups is 2. The monoisotopic (exact) mass is 290 g/mol. The number of fused-ring (bicyclic) bond motifs is 1. The van der Waals surface area contributed by atoms with Gasteiger partial charge < -0.3 is 10.6 Å². The van der Waals surface area contributed by atoms with Crippen molar-refractivity contribution in [2.24, 2.45) is 0 Å². The molecule has 1 aliphatic heterocycles. The predicted molar refractivity (Wildman–Crippen MR) is 81.9 cm³/mol. The standard InChI is InChI=1S/C15H22N4O2/c1-18-7-8-19(2)11-15(21)17-13-6-4-3-5-12(13)9-16-14(20)10-18/h3-6H,7-11H2,1-2H3,(H,16,20)(H,17,21). The van der Waals surface area contributed by atoms with Crippen molar-refractivity contribution in [2.45, 2.75) is 6.54 Å². The van der Waals surface area contributed by atoms with E-state index in [1.807, 2.05) is 48.2 Å². The summed E-state index contributed by atoms with van der Waals surface area (Å²) in [6, 6.07) is 7.53. The van der Waals surface area contributed by atoms with Crippen LogP contribution in [-0.4, -0.2) is 61.9 Å². The second-order valence-corrected chi connectivity index (χ2v) is 5.46. The van der Waals surface area contributed by atoms with Gasteiger partial charge in [0.25, 0.3) is 0 Å². The minimum atomic E-state index is -0.0434. The lowest BCUT2D eigenvalue weighted by molar-refractivity contribution is -0.122. The van der Waals surface area contributed by atoms with Gasteiger partial charge in [-0.3, -0.25) is 19.4 Å². The van der Waals surface area contributed by atoms with Crippen molar-refractivity contribution in [3.05, 3.63) is 29.8 Å². The third-order valence-electron chi connectivity index (χ3n) is 3.46. The van der Waals surface area contributed by atoms with Crippen LogP contribution < -0.4 is 10.6 Å². The molecule has 0 spiro atoms. The molecule has 6 heteroatoms. The molecule has 0 unspecified atom stereocenters. The Hall–Kier alpha value is -1.92. The zero-order chi connectivity index (χ0) is 15.2. The second-order valence-electron chi connectivity index (χ2n) is 5.46. The van der Waals surface area contributed by atoms with Crippen molar-refractivity contribution in [1.29, 1.82) is 0 Å². The highest BCUT2D eigenvalue weighted by Crippen LogP contribution is 2.14. The average molecular weight is 290 g/mol. The molecule has 21 heavy (non-hydrogen) atoms. The van der Waals surface area contributed by atoms with Gasteiger partial charge in [0.1, 0.15) is 0 Å². The Bertz CT molecular complexity index is 518. The van der Waals surface area contributed by atoms with E-state index in [1.54, 1.807) is 0 Å². The molecule has 0 saturated carbocycles. The second kappa shape index (κ2) is 7.19. The SMILES string of the molecule is CN1CCN(C)CC(=O)Nc2ccccc2CNC(=O)C1. The number of anilines is 1. The van der Waals surface area contributed by atoms with Gasteiger partial charge in [-0.1, -0.05) is 18.2 Å². The lowest BCUT2D eigenvalue weighted by Gasteiger charge is -2.20. The van der Waals surface area contributed by atoms with Gasteiger partial charge in [0.05, 0.1) is 13.1 Å². The molecule has 0 aromatic heterocycles. The van der Waals surface area contributed by atoms with Crippen LogP contribution in [0.3, 0.4) is 0 Å². The van der Waals surface area contributed by atoms with Crippen LogP contribution in [0.4, 0.5) is 5.69 Å². The van der Waals surface area contributed by atoms with Crippen molar-refractivity contribution >= 4 is 17.5 Å². The lowest BCUT2D eigenvalue weighted by Crippen LogP contribution is -2.39. The topological polar surface area (TPSA) is 64.7 Å². The maximum Gasteiger partial charge on any atom is 0.238 e. The van der Waals surface area contributed by atoms with Crippen LogP contribution in [0.5, 0.6) is 0 Å². The van der Waals surface area contributed by atoms with E-state index in [9.17, 15) is 9.59 Å². The smallest absolute Gasteiger partial charge is 0.238 e. The normalized spacial score (nSPS) is 19.5. The zero-order valence-electron chi connectivity index (χ0n) is 12.6. The minimum Gasteiger partial charge on any atom is -0.351 e. The van der Waals surface area contributed by atoms with Gasteiger partial charge >= 0.3 is 0 Å². The highest BCUT2D eigenvalue weighted by atomic mass is 16.2. The Morgan fingerprint density at radius 3 is 2.29 bits per heavy atom. The number of carbonyl (C=O) groups excluding carboxylic acids is 2. The molecule has 2 amide bonds. The molecule has 1 heterocycles. The minimum absolute atomic E-state index is 0.0134. The largest absolute Gasteiger partial charge is 0.351 e. The van der Waals surface area contributed by atoms with Crippen LogP contribution in [0, 0.1) is 0 Å². The number of benzene rings is 1. The first-order chi connectivity index (χ1) is 10.0. The summed E-state index contributed by atoms with van der Waals surface area (Å²) in [7, 11) is 3.81. The molecule has 2 rings (SSSR count). The van der Waals surface area contributed by atoms with E-state index in [0.29, 0.717) is 19.6 Å². The van der Waals surface area contributed by atoms with Crippen molar-refractivity contribution < 1.29 is 9.59 Å². The third kappa shape index (κ3) is 4.84.